The number of anilines is 2. The summed E-state index contributed by atoms with van der Waals surface area (Å²) in [5.41, 5.74) is 4.32. The van der Waals surface area contributed by atoms with Crippen LogP contribution >= 0.6 is 0 Å². The normalized spacial score (nSPS) is 14.0. The van der Waals surface area contributed by atoms with Gasteiger partial charge >= 0.3 is 0 Å². The van der Waals surface area contributed by atoms with Crippen molar-refractivity contribution in [3.8, 4) is 23.0 Å². The number of nitrogens with one attached hydrogen (secondary N) is 2. The molecule has 9 heteroatoms. The van der Waals surface area contributed by atoms with Crippen LogP contribution in [0, 0.1) is 0 Å². The molecular weight excluding hydrogens is 534 g/mol. The Kier molecular flexibility index (Phi) is 8.47. The first-order valence-electron chi connectivity index (χ1n) is 13.5. The molecule has 0 bridgehead atoms. The molecule has 9 nitrogen and oxygen atoms in total. The van der Waals surface area contributed by atoms with Gasteiger partial charge in [-0.2, -0.15) is 0 Å². The van der Waals surface area contributed by atoms with Gasteiger partial charge in [-0.3, -0.25) is 9.59 Å². The fourth-order valence-corrected chi connectivity index (χ4v) is 5.02. The Morgan fingerprint density at radius 1 is 0.857 bits per heavy atom. The average molecular weight is 568 g/mol. The van der Waals surface area contributed by atoms with E-state index in [0.717, 1.165) is 16.7 Å². The van der Waals surface area contributed by atoms with E-state index in [-0.39, 0.29) is 18.4 Å². The molecule has 4 aromatic carbocycles. The van der Waals surface area contributed by atoms with Crippen molar-refractivity contribution in [3.05, 3.63) is 107 Å². The predicted octanol–water partition coefficient (Wildman–Crippen LogP) is 6.02. The second-order valence-corrected chi connectivity index (χ2v) is 9.75. The fraction of sp³-hybridized carbons (Fsp3) is 0.212. The minimum atomic E-state index is -0.521. The smallest absolute Gasteiger partial charge is 0.262 e. The van der Waals surface area contributed by atoms with Gasteiger partial charge in [0.15, 0.2) is 0 Å². The summed E-state index contributed by atoms with van der Waals surface area (Å²) in [5.74, 6) is 1.99. The Labute approximate surface area is 245 Å². The Morgan fingerprint density at radius 2 is 1.52 bits per heavy atom. The van der Waals surface area contributed by atoms with Crippen molar-refractivity contribution in [3.63, 3.8) is 0 Å². The second kappa shape index (κ2) is 12.6. The molecule has 1 aliphatic rings. The van der Waals surface area contributed by atoms with E-state index in [1.54, 1.807) is 62.6 Å². The lowest BCUT2D eigenvalue weighted by atomic mass is 9.99. The maximum absolute atomic E-state index is 14.1. The third-order valence-electron chi connectivity index (χ3n) is 7.02. The summed E-state index contributed by atoms with van der Waals surface area (Å²) >= 11 is 0. The van der Waals surface area contributed by atoms with E-state index in [1.165, 1.54) is 6.92 Å². The number of ether oxygens (including phenoxy) is 4. The molecule has 0 saturated carbocycles. The van der Waals surface area contributed by atoms with Crippen LogP contribution in [0.15, 0.2) is 84.9 Å². The summed E-state index contributed by atoms with van der Waals surface area (Å²) in [7, 11) is 4.73. The summed E-state index contributed by atoms with van der Waals surface area (Å²) in [6.07, 6.45) is -0.521. The van der Waals surface area contributed by atoms with Crippen LogP contribution in [0.1, 0.15) is 40.1 Å². The topological polar surface area (TPSA) is 98.4 Å². The van der Waals surface area contributed by atoms with Crippen LogP contribution in [-0.2, 0) is 17.9 Å². The minimum absolute atomic E-state index is 0.139. The molecule has 0 saturated heterocycles. The zero-order valence-electron chi connectivity index (χ0n) is 24.0. The maximum Gasteiger partial charge on any atom is 0.262 e. The Hall–Kier alpha value is -5.18. The third kappa shape index (κ3) is 5.95. The van der Waals surface area contributed by atoms with Crippen LogP contribution in [0.25, 0.3) is 0 Å². The monoisotopic (exact) mass is 567 g/mol. The minimum Gasteiger partial charge on any atom is -0.496 e. The SMILES string of the molecule is COc1ccc(C2Nc3c(OC)ccc(OC)c3C(=O)N2Cc2ccccc2)cc1COc1ccc(NC(C)=O)cc1. The number of hydrogen-bond acceptors (Lipinski definition) is 7. The van der Waals surface area contributed by atoms with Gasteiger partial charge in [-0.1, -0.05) is 36.4 Å². The highest BCUT2D eigenvalue weighted by molar-refractivity contribution is 6.05. The van der Waals surface area contributed by atoms with E-state index in [1.807, 2.05) is 48.5 Å². The lowest BCUT2D eigenvalue weighted by Gasteiger charge is -2.39. The van der Waals surface area contributed by atoms with Gasteiger partial charge < -0.3 is 34.5 Å². The van der Waals surface area contributed by atoms with Crippen LogP contribution in [0.2, 0.25) is 0 Å². The number of amides is 2. The van der Waals surface area contributed by atoms with Gasteiger partial charge in [0, 0.05) is 24.7 Å². The largest absolute Gasteiger partial charge is 0.496 e. The molecule has 2 N–H and O–H groups in total. The van der Waals surface area contributed by atoms with E-state index in [9.17, 15) is 9.59 Å². The number of carbonyl (C=O) groups excluding carboxylic acids is 2. The van der Waals surface area contributed by atoms with Gasteiger partial charge in [-0.25, -0.2) is 0 Å². The second-order valence-electron chi connectivity index (χ2n) is 9.75. The fourth-order valence-electron chi connectivity index (χ4n) is 5.02. The highest BCUT2D eigenvalue weighted by atomic mass is 16.5. The number of rotatable bonds is 10. The Bertz CT molecular complexity index is 1570. The van der Waals surface area contributed by atoms with Gasteiger partial charge in [-0.15, -0.1) is 0 Å². The van der Waals surface area contributed by atoms with Crippen molar-refractivity contribution in [2.24, 2.45) is 0 Å². The van der Waals surface area contributed by atoms with Gasteiger partial charge in [0.05, 0.1) is 27.0 Å². The molecule has 2 amide bonds. The van der Waals surface area contributed by atoms with Crippen LogP contribution in [0.3, 0.4) is 0 Å². The van der Waals surface area contributed by atoms with Crippen LogP contribution in [0.5, 0.6) is 23.0 Å². The first kappa shape index (κ1) is 28.4. The molecule has 1 aliphatic heterocycles. The van der Waals surface area contributed by atoms with Crippen molar-refractivity contribution in [2.45, 2.75) is 26.2 Å². The molecule has 1 atom stereocenters. The van der Waals surface area contributed by atoms with E-state index in [0.29, 0.717) is 46.5 Å². The van der Waals surface area contributed by atoms with Crippen molar-refractivity contribution in [2.75, 3.05) is 32.0 Å². The molecule has 0 fully saturated rings. The predicted molar refractivity (Wildman–Crippen MR) is 160 cm³/mol. The number of fused-ring (bicyclic) bond motifs is 1. The summed E-state index contributed by atoms with van der Waals surface area (Å²) in [6, 6.07) is 26.3. The molecule has 1 heterocycles. The Morgan fingerprint density at radius 3 is 2.19 bits per heavy atom. The summed E-state index contributed by atoms with van der Waals surface area (Å²) < 4.78 is 22.9. The zero-order valence-corrected chi connectivity index (χ0v) is 24.0. The molecule has 4 aromatic rings. The molecule has 42 heavy (non-hydrogen) atoms. The van der Waals surface area contributed by atoms with Crippen molar-refractivity contribution < 1.29 is 28.5 Å². The number of methoxy groups -OCH3 is 3. The molecule has 1 unspecified atom stereocenters. The number of benzene rings is 4. The van der Waals surface area contributed by atoms with E-state index in [2.05, 4.69) is 10.6 Å². The average Bonchev–Trinajstić information content (AvgIpc) is 3.01. The van der Waals surface area contributed by atoms with Crippen LogP contribution in [0.4, 0.5) is 11.4 Å². The van der Waals surface area contributed by atoms with Crippen LogP contribution in [-0.4, -0.2) is 38.0 Å². The highest BCUT2D eigenvalue weighted by Crippen LogP contribution is 2.44. The lowest BCUT2D eigenvalue weighted by molar-refractivity contribution is -0.114. The number of carbonyl (C=O) groups is 2. The van der Waals surface area contributed by atoms with Crippen molar-refractivity contribution in [1.82, 2.24) is 4.90 Å². The molecule has 216 valence electrons. The standard InChI is InChI=1S/C33H33N3O6/c1-21(37)34-25-11-13-26(14-12-25)42-20-24-18-23(10-15-27(24)39-2)32-35-31-29(41-4)17-16-28(40-3)30(31)33(38)36(32)19-22-8-6-5-7-9-22/h5-18,32,35H,19-20H2,1-4H3,(H,34,37). The summed E-state index contributed by atoms with van der Waals surface area (Å²) in [4.78, 5) is 27.2. The molecule has 0 aliphatic carbocycles. The van der Waals surface area contributed by atoms with Gasteiger partial charge in [0.1, 0.15) is 41.3 Å². The molecular formula is C33H33N3O6. The van der Waals surface area contributed by atoms with E-state index < -0.39 is 6.17 Å². The lowest BCUT2D eigenvalue weighted by Crippen LogP contribution is -2.42. The van der Waals surface area contributed by atoms with Crippen molar-refractivity contribution >= 4 is 23.2 Å². The van der Waals surface area contributed by atoms with Crippen molar-refractivity contribution in [1.29, 1.82) is 0 Å². The Balaban J connectivity index is 1.50. The number of hydrogen-bond donors (Lipinski definition) is 2. The van der Waals surface area contributed by atoms with E-state index in [4.69, 9.17) is 18.9 Å². The zero-order chi connectivity index (χ0) is 29.6. The number of nitrogens with zero attached hydrogens (tertiary/aromatic N) is 1. The maximum atomic E-state index is 14.1. The summed E-state index contributed by atoms with van der Waals surface area (Å²) in [5, 5.41) is 6.30. The molecule has 0 radical (unpaired) electrons. The first-order valence-corrected chi connectivity index (χ1v) is 13.5. The van der Waals surface area contributed by atoms with Gasteiger partial charge in [-0.05, 0) is 59.7 Å². The molecule has 0 aromatic heterocycles. The van der Waals surface area contributed by atoms with Gasteiger partial charge in [0.25, 0.3) is 5.91 Å². The third-order valence-corrected chi connectivity index (χ3v) is 7.02. The summed E-state index contributed by atoms with van der Waals surface area (Å²) in [6.45, 7) is 2.06. The molecule has 5 rings (SSSR count). The highest BCUT2D eigenvalue weighted by Gasteiger charge is 2.37. The van der Waals surface area contributed by atoms with Gasteiger partial charge in [0.2, 0.25) is 5.91 Å². The quantitative estimate of drug-likeness (QED) is 0.242. The first-order chi connectivity index (χ1) is 20.4. The van der Waals surface area contributed by atoms with E-state index >= 15 is 0 Å². The van der Waals surface area contributed by atoms with Crippen LogP contribution < -0.4 is 29.6 Å². The molecule has 0 spiro atoms.